The van der Waals surface area contributed by atoms with Gasteiger partial charge in [-0.05, 0) is 31.0 Å². The first-order valence-electron chi connectivity index (χ1n) is 4.99. The van der Waals surface area contributed by atoms with Gasteiger partial charge in [0.25, 0.3) is 0 Å². The fourth-order valence-corrected chi connectivity index (χ4v) is 1.09. The monoisotopic (exact) mass is 189 g/mol. The van der Waals surface area contributed by atoms with Gasteiger partial charge in [-0.2, -0.15) is 0 Å². The van der Waals surface area contributed by atoms with Crippen LogP contribution in [-0.4, -0.2) is 4.98 Å². The molecule has 0 N–H and O–H groups in total. The van der Waals surface area contributed by atoms with Crippen molar-refractivity contribution in [2.75, 3.05) is 0 Å². The Bertz CT molecular complexity index is 311. The second kappa shape index (κ2) is 7.07. The molecule has 0 bridgehead atoms. The highest BCUT2D eigenvalue weighted by atomic mass is 14.7. The fourth-order valence-electron chi connectivity index (χ4n) is 1.09. The highest BCUT2D eigenvalue weighted by Gasteiger charge is 1.95. The maximum absolute atomic E-state index is 4.19. The summed E-state index contributed by atoms with van der Waals surface area (Å²) in [5, 5.41) is 0. The highest BCUT2D eigenvalue weighted by Crippen LogP contribution is 2.12. The molecule has 0 aliphatic heterocycles. The first kappa shape index (κ1) is 12.6. The van der Waals surface area contributed by atoms with Crippen LogP contribution in [0.25, 0.3) is 12.2 Å². The van der Waals surface area contributed by atoms with E-state index in [1.54, 1.807) is 0 Å². The minimum Gasteiger partial charge on any atom is -0.261 e. The third-order valence-corrected chi connectivity index (χ3v) is 1.67. The molecule has 0 atom stereocenters. The van der Waals surface area contributed by atoms with Gasteiger partial charge in [0.1, 0.15) is 0 Å². The third kappa shape index (κ3) is 3.56. The number of nitrogens with zero attached hydrogens (tertiary/aromatic N) is 1. The summed E-state index contributed by atoms with van der Waals surface area (Å²) in [6, 6.07) is 2.05. The van der Waals surface area contributed by atoms with Gasteiger partial charge in [-0.3, -0.25) is 4.98 Å². The summed E-state index contributed by atoms with van der Waals surface area (Å²) in [4.78, 5) is 4.19. The predicted molar refractivity (Wildman–Crippen MR) is 65.1 cm³/mol. The summed E-state index contributed by atoms with van der Waals surface area (Å²) in [7, 11) is 0. The summed E-state index contributed by atoms with van der Waals surface area (Å²) < 4.78 is 0. The average Bonchev–Trinajstić information content (AvgIpc) is 2.22. The van der Waals surface area contributed by atoms with Crippen LogP contribution in [0.5, 0.6) is 0 Å². The Morgan fingerprint density at radius 3 is 2.43 bits per heavy atom. The first-order valence-corrected chi connectivity index (χ1v) is 4.99. The van der Waals surface area contributed by atoms with Crippen molar-refractivity contribution in [1.29, 1.82) is 0 Å². The molecule has 1 rings (SSSR count). The van der Waals surface area contributed by atoms with Gasteiger partial charge in [0.05, 0.1) is 0 Å². The molecule has 1 nitrogen and oxygen atoms in total. The lowest BCUT2D eigenvalue weighted by atomic mass is 10.1. The summed E-state index contributed by atoms with van der Waals surface area (Å²) in [6.07, 6.45) is 7.74. The van der Waals surface area contributed by atoms with Gasteiger partial charge < -0.3 is 0 Å². The van der Waals surface area contributed by atoms with E-state index in [4.69, 9.17) is 0 Å². The number of aromatic nitrogens is 1. The summed E-state index contributed by atoms with van der Waals surface area (Å²) >= 11 is 0. The smallest absolute Gasteiger partial charge is 0.0379 e. The molecule has 0 amide bonds. The second-order valence-corrected chi connectivity index (χ2v) is 2.66. The molecule has 1 heterocycles. The molecule has 0 spiro atoms. The van der Waals surface area contributed by atoms with Crippen molar-refractivity contribution in [2.24, 2.45) is 0 Å². The van der Waals surface area contributed by atoms with E-state index in [2.05, 4.69) is 23.7 Å². The molecule has 0 aliphatic carbocycles. The van der Waals surface area contributed by atoms with Crippen molar-refractivity contribution in [3.63, 3.8) is 0 Å². The van der Waals surface area contributed by atoms with E-state index in [9.17, 15) is 0 Å². The maximum Gasteiger partial charge on any atom is 0.0379 e. The predicted octanol–water partition coefficient (Wildman–Crippen LogP) is 4.09. The summed E-state index contributed by atoms with van der Waals surface area (Å²) in [5.74, 6) is 0. The van der Waals surface area contributed by atoms with Gasteiger partial charge in [0.2, 0.25) is 0 Å². The molecule has 0 saturated carbocycles. The van der Waals surface area contributed by atoms with Crippen LogP contribution in [0.3, 0.4) is 0 Å². The van der Waals surface area contributed by atoms with Gasteiger partial charge in [-0.25, -0.2) is 0 Å². The van der Waals surface area contributed by atoms with Crippen molar-refractivity contribution in [1.82, 2.24) is 4.98 Å². The molecule has 0 fully saturated rings. The first-order chi connectivity index (χ1) is 6.77. The minimum absolute atomic E-state index is 1.04. The molecule has 0 unspecified atom stereocenters. The van der Waals surface area contributed by atoms with E-state index < -0.39 is 0 Å². The van der Waals surface area contributed by atoms with E-state index in [0.717, 1.165) is 11.3 Å². The quantitative estimate of drug-likeness (QED) is 0.682. The molecule has 1 aromatic rings. The molecule has 0 aromatic carbocycles. The molecule has 76 valence electrons. The fraction of sp³-hybridized carbons (Fsp3) is 0.308. The zero-order valence-electron chi connectivity index (χ0n) is 9.54. The lowest BCUT2D eigenvalue weighted by Gasteiger charge is -2.00. The second-order valence-electron chi connectivity index (χ2n) is 2.66. The van der Waals surface area contributed by atoms with Crippen molar-refractivity contribution in [3.05, 3.63) is 41.7 Å². The lowest BCUT2D eigenvalue weighted by molar-refractivity contribution is 1.19. The summed E-state index contributed by atoms with van der Waals surface area (Å²) in [6.45, 7) is 11.7. The molecule has 1 aromatic heterocycles. The largest absolute Gasteiger partial charge is 0.261 e. The van der Waals surface area contributed by atoms with Crippen molar-refractivity contribution < 1.29 is 0 Å². The van der Waals surface area contributed by atoms with E-state index >= 15 is 0 Å². The van der Waals surface area contributed by atoms with Gasteiger partial charge in [-0.1, -0.05) is 38.7 Å². The van der Waals surface area contributed by atoms with Crippen molar-refractivity contribution in [3.8, 4) is 0 Å². The topological polar surface area (TPSA) is 12.9 Å². The number of allylic oxidation sites excluding steroid dienone is 1. The van der Waals surface area contributed by atoms with Gasteiger partial charge in [0.15, 0.2) is 0 Å². The number of rotatable bonds is 2. The van der Waals surface area contributed by atoms with Crippen LogP contribution in [0.1, 0.15) is 37.6 Å². The minimum atomic E-state index is 1.04. The van der Waals surface area contributed by atoms with Gasteiger partial charge in [0, 0.05) is 11.9 Å². The Labute approximate surface area is 87.2 Å². The van der Waals surface area contributed by atoms with Crippen LogP contribution in [0, 0.1) is 6.92 Å². The third-order valence-electron chi connectivity index (χ3n) is 1.67. The number of hydrogen-bond acceptors (Lipinski definition) is 1. The molecule has 1 heteroatoms. The lowest BCUT2D eigenvalue weighted by Crippen LogP contribution is -1.86. The number of pyridine rings is 1. The molecule has 0 aliphatic rings. The number of aryl methyl sites for hydroxylation is 1. The Balaban J connectivity index is 0.000000791. The molecular weight excluding hydrogens is 170 g/mol. The van der Waals surface area contributed by atoms with Crippen LogP contribution in [0.4, 0.5) is 0 Å². The van der Waals surface area contributed by atoms with Crippen molar-refractivity contribution in [2.45, 2.75) is 27.7 Å². The van der Waals surface area contributed by atoms with Crippen molar-refractivity contribution >= 4 is 12.2 Å². The van der Waals surface area contributed by atoms with Gasteiger partial charge >= 0.3 is 0 Å². The van der Waals surface area contributed by atoms with Gasteiger partial charge in [-0.15, -0.1) is 0 Å². The van der Waals surface area contributed by atoms with E-state index in [1.807, 2.05) is 46.0 Å². The van der Waals surface area contributed by atoms with Crippen LogP contribution >= 0.6 is 0 Å². The Kier molecular flexibility index (Phi) is 6.38. The van der Waals surface area contributed by atoms with E-state index in [0.29, 0.717) is 0 Å². The number of hydrogen-bond donors (Lipinski definition) is 0. The molecule has 14 heavy (non-hydrogen) atoms. The average molecular weight is 189 g/mol. The van der Waals surface area contributed by atoms with Crippen LogP contribution < -0.4 is 0 Å². The molecule has 0 radical (unpaired) electrons. The zero-order chi connectivity index (χ0) is 11.0. The standard InChI is InChI=1S/C11H13N.C2H6/c1-4-6-11-7-9(3)12-8-10(11)5-2;1-2/h4-8H,2H2,1,3H3;1-2H3/b6-4-;. The maximum atomic E-state index is 4.19. The molecule has 0 saturated heterocycles. The van der Waals surface area contributed by atoms with Crippen LogP contribution in [0.2, 0.25) is 0 Å². The Morgan fingerprint density at radius 2 is 1.93 bits per heavy atom. The zero-order valence-corrected chi connectivity index (χ0v) is 9.54. The highest BCUT2D eigenvalue weighted by molar-refractivity contribution is 5.63. The van der Waals surface area contributed by atoms with Crippen LogP contribution in [0.15, 0.2) is 24.9 Å². The Morgan fingerprint density at radius 1 is 1.29 bits per heavy atom. The summed E-state index contributed by atoms with van der Waals surface area (Å²) in [5.41, 5.74) is 3.30. The SMILES string of the molecule is C=Cc1cnc(C)cc1/C=C\C.CC. The Hall–Kier alpha value is -1.37. The normalized spacial score (nSPS) is 9.43. The molecular formula is C13H19N. The van der Waals surface area contributed by atoms with Crippen LogP contribution in [-0.2, 0) is 0 Å². The van der Waals surface area contributed by atoms with E-state index in [1.165, 1.54) is 5.56 Å². The van der Waals surface area contributed by atoms with E-state index in [-0.39, 0.29) is 0 Å².